The molecule has 1 amide bonds. The molecule has 1 aliphatic heterocycles. The molecule has 3 nitrogen and oxygen atoms in total. The van der Waals surface area contributed by atoms with E-state index in [4.69, 9.17) is 4.74 Å². The van der Waals surface area contributed by atoms with Crippen LogP contribution in [0.15, 0.2) is 91.0 Å². The number of amides is 1. The summed E-state index contributed by atoms with van der Waals surface area (Å²) in [5.74, 6) is 0. The van der Waals surface area contributed by atoms with Gasteiger partial charge < -0.3 is 4.74 Å². The minimum Gasteiger partial charge on any atom is -0.446 e. The fraction of sp³-hybridized carbons (Fsp3) is 0.0952. The summed E-state index contributed by atoms with van der Waals surface area (Å²) < 4.78 is 5.53. The van der Waals surface area contributed by atoms with Crippen molar-refractivity contribution in [2.24, 2.45) is 0 Å². The normalized spacial score (nSPS) is 16.0. The third-order valence-electron chi connectivity index (χ3n) is 4.49. The van der Waals surface area contributed by atoms with Crippen molar-refractivity contribution in [3.05, 3.63) is 102 Å². The molecular formula is C21H17NO2. The van der Waals surface area contributed by atoms with Crippen molar-refractivity contribution in [3.63, 3.8) is 0 Å². The second kappa shape index (κ2) is 5.85. The monoisotopic (exact) mass is 315 g/mol. The molecule has 4 rings (SSSR count). The minimum atomic E-state index is -0.666. The number of cyclic esters (lactones) is 1. The highest BCUT2D eigenvalue weighted by Gasteiger charge is 2.50. The molecule has 0 unspecified atom stereocenters. The van der Waals surface area contributed by atoms with E-state index >= 15 is 0 Å². The lowest BCUT2D eigenvalue weighted by Gasteiger charge is -2.36. The number of anilines is 1. The van der Waals surface area contributed by atoms with E-state index in [-0.39, 0.29) is 12.7 Å². The molecule has 118 valence electrons. The van der Waals surface area contributed by atoms with Crippen LogP contribution in [-0.4, -0.2) is 12.7 Å². The summed E-state index contributed by atoms with van der Waals surface area (Å²) in [6, 6.07) is 29.8. The Morgan fingerprint density at radius 3 is 1.67 bits per heavy atom. The first-order valence-electron chi connectivity index (χ1n) is 7.95. The number of carbonyl (C=O) groups excluding carboxylic acids is 1. The van der Waals surface area contributed by atoms with Crippen LogP contribution in [0.5, 0.6) is 0 Å². The van der Waals surface area contributed by atoms with Crippen LogP contribution in [0.4, 0.5) is 10.5 Å². The van der Waals surface area contributed by atoms with E-state index < -0.39 is 5.54 Å². The van der Waals surface area contributed by atoms with Gasteiger partial charge in [-0.3, -0.25) is 4.90 Å². The second-order valence-electron chi connectivity index (χ2n) is 5.82. The standard InChI is InChI=1S/C21H17NO2/c23-20-22(19-14-8-3-9-15-19)21(16-24-20,17-10-4-1-5-11-17)18-12-6-2-7-13-18/h1-15H,16H2. The Kier molecular flexibility index (Phi) is 3.54. The van der Waals surface area contributed by atoms with Crippen LogP contribution in [0, 0.1) is 0 Å². The van der Waals surface area contributed by atoms with Gasteiger partial charge in [0.25, 0.3) is 0 Å². The molecule has 3 heteroatoms. The van der Waals surface area contributed by atoms with Crippen LogP contribution in [-0.2, 0) is 10.3 Å². The smallest absolute Gasteiger partial charge is 0.415 e. The summed E-state index contributed by atoms with van der Waals surface area (Å²) in [4.78, 5) is 14.4. The fourth-order valence-corrected chi connectivity index (χ4v) is 3.37. The zero-order chi connectivity index (χ0) is 16.4. The predicted octanol–water partition coefficient (Wildman–Crippen LogP) is 4.59. The van der Waals surface area contributed by atoms with Gasteiger partial charge in [0.2, 0.25) is 0 Å². The van der Waals surface area contributed by atoms with Gasteiger partial charge in [-0.1, -0.05) is 78.9 Å². The maximum Gasteiger partial charge on any atom is 0.415 e. The second-order valence-corrected chi connectivity index (χ2v) is 5.82. The van der Waals surface area contributed by atoms with Crippen molar-refractivity contribution in [2.45, 2.75) is 5.54 Å². The zero-order valence-corrected chi connectivity index (χ0v) is 13.1. The van der Waals surface area contributed by atoms with Gasteiger partial charge in [-0.2, -0.15) is 0 Å². The molecule has 1 heterocycles. The molecule has 0 spiro atoms. The van der Waals surface area contributed by atoms with Gasteiger partial charge in [-0.25, -0.2) is 4.79 Å². The van der Waals surface area contributed by atoms with Gasteiger partial charge in [-0.05, 0) is 23.3 Å². The quantitative estimate of drug-likeness (QED) is 0.707. The van der Waals surface area contributed by atoms with Crippen molar-refractivity contribution in [1.82, 2.24) is 0 Å². The van der Waals surface area contributed by atoms with Crippen LogP contribution >= 0.6 is 0 Å². The fourth-order valence-electron chi connectivity index (χ4n) is 3.37. The molecule has 0 atom stereocenters. The lowest BCUT2D eigenvalue weighted by atomic mass is 9.82. The predicted molar refractivity (Wildman–Crippen MR) is 93.9 cm³/mol. The molecular weight excluding hydrogens is 298 g/mol. The van der Waals surface area contributed by atoms with Gasteiger partial charge in [-0.15, -0.1) is 0 Å². The van der Waals surface area contributed by atoms with Crippen LogP contribution in [0.2, 0.25) is 0 Å². The van der Waals surface area contributed by atoms with Gasteiger partial charge in [0.15, 0.2) is 0 Å². The molecule has 3 aromatic carbocycles. The van der Waals surface area contributed by atoms with Crippen molar-refractivity contribution >= 4 is 11.8 Å². The molecule has 0 radical (unpaired) electrons. The lowest BCUT2D eigenvalue weighted by molar-refractivity contribution is 0.175. The molecule has 0 saturated carbocycles. The summed E-state index contributed by atoms with van der Waals surface area (Å²) >= 11 is 0. The number of nitrogens with zero attached hydrogens (tertiary/aromatic N) is 1. The van der Waals surface area contributed by atoms with Gasteiger partial charge in [0, 0.05) is 5.69 Å². The van der Waals surface area contributed by atoms with E-state index in [1.165, 1.54) is 0 Å². The summed E-state index contributed by atoms with van der Waals surface area (Å²) in [5.41, 5.74) is 2.23. The van der Waals surface area contributed by atoms with Crippen molar-refractivity contribution < 1.29 is 9.53 Å². The van der Waals surface area contributed by atoms with Crippen molar-refractivity contribution in [3.8, 4) is 0 Å². The lowest BCUT2D eigenvalue weighted by Crippen LogP contribution is -2.46. The Bertz CT molecular complexity index is 792. The SMILES string of the molecule is O=C1OCC(c2ccccc2)(c2ccccc2)N1c1ccccc1. The Morgan fingerprint density at radius 1 is 0.708 bits per heavy atom. The molecule has 3 aromatic rings. The number of hydrogen-bond acceptors (Lipinski definition) is 2. The molecule has 1 fully saturated rings. The molecule has 1 aliphatic rings. The zero-order valence-electron chi connectivity index (χ0n) is 13.1. The molecule has 0 aromatic heterocycles. The number of hydrogen-bond donors (Lipinski definition) is 0. The van der Waals surface area contributed by atoms with Crippen LogP contribution in [0.3, 0.4) is 0 Å². The summed E-state index contributed by atoms with van der Waals surface area (Å²) in [6.45, 7) is 0.286. The van der Waals surface area contributed by atoms with E-state index in [1.807, 2.05) is 91.0 Å². The van der Waals surface area contributed by atoms with Gasteiger partial charge >= 0.3 is 6.09 Å². The van der Waals surface area contributed by atoms with Crippen LogP contribution in [0.1, 0.15) is 11.1 Å². The third kappa shape index (κ3) is 2.17. The highest BCUT2D eigenvalue weighted by molar-refractivity contribution is 5.93. The Hall–Kier alpha value is -3.07. The first kappa shape index (κ1) is 14.5. The average molecular weight is 315 g/mol. The highest BCUT2D eigenvalue weighted by Crippen LogP contribution is 2.43. The minimum absolute atomic E-state index is 0.286. The Balaban J connectivity index is 1.98. The van der Waals surface area contributed by atoms with E-state index in [1.54, 1.807) is 4.90 Å². The number of para-hydroxylation sites is 1. The van der Waals surface area contributed by atoms with Gasteiger partial charge in [0.05, 0.1) is 0 Å². The molecule has 0 aliphatic carbocycles. The van der Waals surface area contributed by atoms with Crippen molar-refractivity contribution in [2.75, 3.05) is 11.5 Å². The third-order valence-corrected chi connectivity index (χ3v) is 4.49. The number of benzene rings is 3. The first-order valence-corrected chi connectivity index (χ1v) is 7.95. The summed E-state index contributed by atoms with van der Waals surface area (Å²) in [6.07, 6.45) is -0.325. The topological polar surface area (TPSA) is 29.5 Å². The van der Waals surface area contributed by atoms with Crippen LogP contribution in [0.25, 0.3) is 0 Å². The number of ether oxygens (including phenoxy) is 1. The Labute approximate surface area is 141 Å². The van der Waals surface area contributed by atoms with E-state index in [0.29, 0.717) is 0 Å². The van der Waals surface area contributed by atoms with E-state index in [2.05, 4.69) is 0 Å². The van der Waals surface area contributed by atoms with E-state index in [9.17, 15) is 4.79 Å². The van der Waals surface area contributed by atoms with Crippen molar-refractivity contribution in [1.29, 1.82) is 0 Å². The maximum atomic E-state index is 12.6. The van der Waals surface area contributed by atoms with Crippen LogP contribution < -0.4 is 4.90 Å². The highest BCUT2D eigenvalue weighted by atomic mass is 16.6. The molecule has 0 bridgehead atoms. The number of carbonyl (C=O) groups is 1. The summed E-state index contributed by atoms with van der Waals surface area (Å²) in [7, 11) is 0. The Morgan fingerprint density at radius 2 is 1.17 bits per heavy atom. The van der Waals surface area contributed by atoms with Gasteiger partial charge in [0.1, 0.15) is 12.1 Å². The molecule has 24 heavy (non-hydrogen) atoms. The number of rotatable bonds is 3. The molecule has 0 N–H and O–H groups in total. The average Bonchev–Trinajstić information content (AvgIpc) is 3.02. The maximum absolute atomic E-state index is 12.6. The summed E-state index contributed by atoms with van der Waals surface area (Å²) in [5, 5.41) is 0. The molecule has 1 saturated heterocycles. The van der Waals surface area contributed by atoms with E-state index in [0.717, 1.165) is 16.8 Å². The first-order chi connectivity index (χ1) is 11.8. The largest absolute Gasteiger partial charge is 0.446 e.